The number of nitrogens with zero attached hydrogens (tertiary/aromatic N) is 2. The van der Waals surface area contributed by atoms with Gasteiger partial charge in [0.05, 0.1) is 5.02 Å². The zero-order chi connectivity index (χ0) is 17.8. The van der Waals surface area contributed by atoms with Gasteiger partial charge in [-0.05, 0) is 42.7 Å². The van der Waals surface area contributed by atoms with Crippen molar-refractivity contribution in [2.75, 3.05) is 16.8 Å². The first-order chi connectivity index (χ1) is 12.1. The number of hydrogen-bond acceptors (Lipinski definition) is 3. The van der Waals surface area contributed by atoms with Gasteiger partial charge in [0.1, 0.15) is 17.5 Å². The Labute approximate surface area is 150 Å². The normalized spacial score (nSPS) is 13.8. The molecule has 0 fully saturated rings. The van der Waals surface area contributed by atoms with Crippen molar-refractivity contribution in [3.63, 3.8) is 0 Å². The van der Waals surface area contributed by atoms with Crippen LogP contribution in [0.15, 0.2) is 54.2 Å². The summed E-state index contributed by atoms with van der Waals surface area (Å²) in [5.41, 5.74) is 2.39. The molecule has 0 saturated heterocycles. The number of hydrogen-bond donors (Lipinski definition) is 1. The molecule has 2 aromatic rings. The van der Waals surface area contributed by atoms with E-state index < -0.39 is 5.82 Å². The smallest absolute Gasteiger partial charge is 0.270 e. The van der Waals surface area contributed by atoms with Crippen molar-refractivity contribution in [1.29, 1.82) is 5.26 Å². The zero-order valence-electron chi connectivity index (χ0n) is 13.3. The molecule has 1 aliphatic heterocycles. The molecule has 1 aliphatic rings. The first kappa shape index (κ1) is 17.0. The molecule has 0 atom stereocenters. The van der Waals surface area contributed by atoms with E-state index in [4.69, 9.17) is 11.6 Å². The number of fused-ring (bicyclic) bond motifs is 1. The highest BCUT2D eigenvalue weighted by molar-refractivity contribution is 6.31. The van der Waals surface area contributed by atoms with E-state index in [9.17, 15) is 14.4 Å². The van der Waals surface area contributed by atoms with Crippen molar-refractivity contribution < 1.29 is 9.18 Å². The molecule has 126 valence electrons. The molecular formula is C19H15ClFN3O. The fourth-order valence-corrected chi connectivity index (χ4v) is 2.95. The van der Waals surface area contributed by atoms with Gasteiger partial charge < -0.3 is 10.2 Å². The predicted octanol–water partition coefficient (Wildman–Crippen LogP) is 4.28. The first-order valence-electron chi connectivity index (χ1n) is 7.82. The van der Waals surface area contributed by atoms with Crippen LogP contribution in [0.25, 0.3) is 0 Å². The van der Waals surface area contributed by atoms with Gasteiger partial charge in [-0.3, -0.25) is 4.79 Å². The second-order valence-electron chi connectivity index (χ2n) is 5.63. The van der Waals surface area contributed by atoms with Crippen molar-refractivity contribution in [2.24, 2.45) is 0 Å². The highest BCUT2D eigenvalue weighted by Crippen LogP contribution is 2.28. The number of carbonyl (C=O) groups is 1. The van der Waals surface area contributed by atoms with Crippen molar-refractivity contribution in [2.45, 2.75) is 12.8 Å². The lowest BCUT2D eigenvalue weighted by molar-refractivity contribution is -0.114. The van der Waals surface area contributed by atoms with Gasteiger partial charge in [0.15, 0.2) is 0 Å². The summed E-state index contributed by atoms with van der Waals surface area (Å²) in [4.78, 5) is 14.4. The molecule has 2 aromatic carbocycles. The van der Waals surface area contributed by atoms with Crippen LogP contribution in [0, 0.1) is 17.1 Å². The van der Waals surface area contributed by atoms with Crippen molar-refractivity contribution >= 4 is 28.9 Å². The molecule has 0 saturated carbocycles. The number of para-hydroxylation sites is 1. The van der Waals surface area contributed by atoms with Crippen LogP contribution in [0.4, 0.5) is 15.8 Å². The van der Waals surface area contributed by atoms with Crippen LogP contribution in [0.3, 0.4) is 0 Å². The summed E-state index contributed by atoms with van der Waals surface area (Å²) < 4.78 is 13.2. The molecule has 1 heterocycles. The Bertz CT molecular complexity index is 888. The molecule has 0 radical (unpaired) electrons. The Kier molecular flexibility index (Phi) is 5.01. The van der Waals surface area contributed by atoms with Gasteiger partial charge in [-0.1, -0.05) is 29.8 Å². The number of aryl methyl sites for hydroxylation is 1. The van der Waals surface area contributed by atoms with Gasteiger partial charge in [-0.25, -0.2) is 4.39 Å². The summed E-state index contributed by atoms with van der Waals surface area (Å²) >= 11 is 5.73. The maximum Gasteiger partial charge on any atom is 0.270 e. The number of carbonyl (C=O) groups excluding carboxylic acids is 1. The van der Waals surface area contributed by atoms with E-state index in [1.54, 1.807) is 4.90 Å². The summed E-state index contributed by atoms with van der Waals surface area (Å²) in [7, 11) is 0. The Morgan fingerprint density at radius 1 is 1.32 bits per heavy atom. The molecule has 3 rings (SSSR count). The van der Waals surface area contributed by atoms with Crippen molar-refractivity contribution in [3.05, 3.63) is 70.6 Å². The average molecular weight is 356 g/mol. The number of rotatable bonds is 3. The SMILES string of the molecule is N#C/C(=C/Nc1ccc(F)c(Cl)c1)C(=O)N1CCCc2ccccc21. The van der Waals surface area contributed by atoms with Gasteiger partial charge in [0, 0.05) is 24.1 Å². The number of nitriles is 1. The lowest BCUT2D eigenvalue weighted by atomic mass is 10.0. The second kappa shape index (κ2) is 7.37. The van der Waals surface area contributed by atoms with Gasteiger partial charge in [-0.15, -0.1) is 0 Å². The summed E-state index contributed by atoms with van der Waals surface area (Å²) in [6, 6.07) is 13.7. The fraction of sp³-hybridized carbons (Fsp3) is 0.158. The van der Waals surface area contributed by atoms with Crippen molar-refractivity contribution in [1.82, 2.24) is 0 Å². The molecule has 6 heteroatoms. The predicted molar refractivity (Wildman–Crippen MR) is 95.8 cm³/mol. The second-order valence-corrected chi connectivity index (χ2v) is 6.04. The Balaban J connectivity index is 1.82. The van der Waals surface area contributed by atoms with Crippen LogP contribution in [-0.4, -0.2) is 12.5 Å². The van der Waals surface area contributed by atoms with E-state index in [-0.39, 0.29) is 16.5 Å². The first-order valence-corrected chi connectivity index (χ1v) is 8.19. The van der Waals surface area contributed by atoms with Gasteiger partial charge in [0.25, 0.3) is 5.91 Å². The maximum atomic E-state index is 13.2. The number of halogens is 2. The standard InChI is InChI=1S/C19H15ClFN3O/c20-16-10-15(7-8-17(16)21)23-12-14(11-22)19(25)24-9-3-5-13-4-1-2-6-18(13)24/h1-2,4,6-8,10,12,23H,3,5,9H2/b14-12-. The van der Waals surface area contributed by atoms with Crippen molar-refractivity contribution in [3.8, 4) is 6.07 Å². The molecule has 1 N–H and O–H groups in total. The molecule has 4 nitrogen and oxygen atoms in total. The van der Waals surface area contributed by atoms with E-state index in [0.29, 0.717) is 12.2 Å². The number of benzene rings is 2. The molecule has 1 amide bonds. The Morgan fingerprint density at radius 2 is 2.12 bits per heavy atom. The zero-order valence-corrected chi connectivity index (χ0v) is 14.1. The third-order valence-corrected chi connectivity index (χ3v) is 4.30. The summed E-state index contributed by atoms with van der Waals surface area (Å²) in [5.74, 6) is -0.895. The van der Waals surface area contributed by atoms with Crippen LogP contribution in [0.5, 0.6) is 0 Å². The summed E-state index contributed by atoms with van der Waals surface area (Å²) in [6.45, 7) is 0.567. The minimum atomic E-state index is -0.530. The summed E-state index contributed by atoms with van der Waals surface area (Å²) in [5, 5.41) is 12.2. The van der Waals surface area contributed by atoms with E-state index in [0.717, 1.165) is 24.1 Å². The summed E-state index contributed by atoms with van der Waals surface area (Å²) in [6.07, 6.45) is 3.09. The molecule has 0 aromatic heterocycles. The number of anilines is 2. The molecule has 0 bridgehead atoms. The molecule has 0 unspecified atom stereocenters. The Hall–Kier alpha value is -2.84. The van der Waals surface area contributed by atoms with E-state index in [1.807, 2.05) is 30.3 Å². The lowest BCUT2D eigenvalue weighted by Crippen LogP contribution is -2.36. The molecule has 25 heavy (non-hydrogen) atoms. The number of amides is 1. The highest BCUT2D eigenvalue weighted by Gasteiger charge is 2.24. The third-order valence-electron chi connectivity index (χ3n) is 4.01. The lowest BCUT2D eigenvalue weighted by Gasteiger charge is -2.29. The van der Waals surface area contributed by atoms with Crippen LogP contribution in [0.1, 0.15) is 12.0 Å². The average Bonchev–Trinajstić information content (AvgIpc) is 2.64. The quantitative estimate of drug-likeness (QED) is 0.660. The van der Waals surface area contributed by atoms with Gasteiger partial charge in [-0.2, -0.15) is 5.26 Å². The van der Waals surface area contributed by atoms with Crippen LogP contribution < -0.4 is 10.2 Å². The molecule has 0 spiro atoms. The van der Waals surface area contributed by atoms with E-state index in [1.165, 1.54) is 24.4 Å². The van der Waals surface area contributed by atoms with E-state index in [2.05, 4.69) is 5.32 Å². The van der Waals surface area contributed by atoms with Crippen LogP contribution >= 0.6 is 11.6 Å². The maximum absolute atomic E-state index is 13.2. The molecular weight excluding hydrogens is 341 g/mol. The topological polar surface area (TPSA) is 56.1 Å². The third kappa shape index (κ3) is 3.65. The number of nitrogens with one attached hydrogen (secondary N) is 1. The van der Waals surface area contributed by atoms with E-state index >= 15 is 0 Å². The largest absolute Gasteiger partial charge is 0.360 e. The molecule has 0 aliphatic carbocycles. The minimum Gasteiger partial charge on any atom is -0.360 e. The van der Waals surface area contributed by atoms with Gasteiger partial charge >= 0.3 is 0 Å². The van der Waals surface area contributed by atoms with Gasteiger partial charge in [0.2, 0.25) is 0 Å². The monoisotopic (exact) mass is 355 g/mol. The fourth-order valence-electron chi connectivity index (χ4n) is 2.77. The Morgan fingerprint density at radius 3 is 2.88 bits per heavy atom. The highest BCUT2D eigenvalue weighted by atomic mass is 35.5. The minimum absolute atomic E-state index is 0.0304. The van der Waals surface area contributed by atoms with Crippen LogP contribution in [0.2, 0.25) is 5.02 Å². The van der Waals surface area contributed by atoms with Crippen LogP contribution in [-0.2, 0) is 11.2 Å².